The van der Waals surface area contributed by atoms with Crippen LogP contribution in [-0.2, 0) is 0 Å². The van der Waals surface area contributed by atoms with Gasteiger partial charge in [-0.25, -0.2) is 0 Å². The summed E-state index contributed by atoms with van der Waals surface area (Å²) < 4.78 is 0. The molecule has 0 bridgehead atoms. The summed E-state index contributed by atoms with van der Waals surface area (Å²) in [5.74, 6) is 0. The molecule has 1 rings (SSSR count). The number of benzene rings is 1. The van der Waals surface area contributed by atoms with E-state index in [0.29, 0.717) is 11.1 Å². The third kappa shape index (κ3) is 4.60. The van der Waals surface area contributed by atoms with Gasteiger partial charge in [-0.2, -0.15) is 0 Å². The molecule has 1 aromatic rings. The first-order valence-electron chi connectivity index (χ1n) is 6.72. The molecule has 0 radical (unpaired) electrons. The lowest BCUT2D eigenvalue weighted by molar-refractivity contribution is 0.134. The van der Waals surface area contributed by atoms with Crippen molar-refractivity contribution in [2.24, 2.45) is 0 Å². The lowest BCUT2D eigenvalue weighted by Crippen LogP contribution is -2.32. The molecule has 1 atom stereocenters. The average Bonchev–Trinajstić information content (AvgIpc) is 2.37. The van der Waals surface area contributed by atoms with Crippen molar-refractivity contribution in [3.05, 3.63) is 34.9 Å². The Balaban J connectivity index is 2.48. The molecule has 1 N–H and O–H groups in total. The van der Waals surface area contributed by atoms with Gasteiger partial charge in [0.2, 0.25) is 0 Å². The van der Waals surface area contributed by atoms with Gasteiger partial charge in [0.05, 0.1) is 6.10 Å². The quantitative estimate of drug-likeness (QED) is 0.812. The van der Waals surface area contributed by atoms with Gasteiger partial charge < -0.3 is 10.0 Å². The summed E-state index contributed by atoms with van der Waals surface area (Å²) in [7, 11) is 2.13. The Labute approximate surface area is 116 Å². The van der Waals surface area contributed by atoms with Crippen LogP contribution in [0.1, 0.15) is 44.8 Å². The van der Waals surface area contributed by atoms with Gasteiger partial charge in [0.15, 0.2) is 0 Å². The summed E-state index contributed by atoms with van der Waals surface area (Å²) >= 11 is 5.93. The standard InChI is InChI=1S/C15H24ClNO/c1-4-14(5-2)17(3)10-9-15(18)12-7-6-8-13(16)11-12/h6-8,11,14-15,18H,4-5,9-10H2,1-3H3. The first kappa shape index (κ1) is 15.5. The zero-order valence-electron chi connectivity index (χ0n) is 11.6. The van der Waals surface area contributed by atoms with Crippen molar-refractivity contribution in [1.82, 2.24) is 4.90 Å². The molecular weight excluding hydrogens is 246 g/mol. The SMILES string of the molecule is CCC(CC)N(C)CCC(O)c1cccc(Cl)c1. The molecule has 0 aromatic heterocycles. The predicted molar refractivity (Wildman–Crippen MR) is 78.0 cm³/mol. The smallest absolute Gasteiger partial charge is 0.0802 e. The third-order valence-electron chi connectivity index (χ3n) is 3.55. The monoisotopic (exact) mass is 269 g/mol. The molecule has 0 spiro atoms. The number of aliphatic hydroxyl groups is 1. The molecule has 0 aliphatic rings. The first-order chi connectivity index (χ1) is 8.58. The summed E-state index contributed by atoms with van der Waals surface area (Å²) in [4.78, 5) is 2.33. The molecule has 0 saturated carbocycles. The van der Waals surface area contributed by atoms with E-state index in [4.69, 9.17) is 11.6 Å². The predicted octanol–water partition coefficient (Wildman–Crippen LogP) is 3.88. The number of halogens is 1. The average molecular weight is 270 g/mol. The number of hydrogen-bond acceptors (Lipinski definition) is 2. The fourth-order valence-electron chi connectivity index (χ4n) is 2.30. The Morgan fingerprint density at radius 2 is 1.94 bits per heavy atom. The van der Waals surface area contributed by atoms with Gasteiger partial charge in [-0.15, -0.1) is 0 Å². The van der Waals surface area contributed by atoms with Crippen LogP contribution in [0, 0.1) is 0 Å². The lowest BCUT2D eigenvalue weighted by Gasteiger charge is -2.27. The second-order valence-corrected chi connectivity index (χ2v) is 5.25. The van der Waals surface area contributed by atoms with Crippen LogP contribution in [0.15, 0.2) is 24.3 Å². The van der Waals surface area contributed by atoms with Crippen LogP contribution in [0.25, 0.3) is 0 Å². The highest BCUT2D eigenvalue weighted by Crippen LogP contribution is 2.21. The van der Waals surface area contributed by atoms with E-state index < -0.39 is 6.10 Å². The van der Waals surface area contributed by atoms with Crippen LogP contribution in [0.5, 0.6) is 0 Å². The Bertz CT molecular complexity index is 352. The number of nitrogens with zero attached hydrogens (tertiary/aromatic N) is 1. The molecule has 0 amide bonds. The second-order valence-electron chi connectivity index (χ2n) is 4.81. The summed E-state index contributed by atoms with van der Waals surface area (Å²) in [6.07, 6.45) is 2.62. The third-order valence-corrected chi connectivity index (χ3v) is 3.79. The molecule has 102 valence electrons. The van der Waals surface area contributed by atoms with E-state index in [1.807, 2.05) is 24.3 Å². The second kappa shape index (κ2) is 7.78. The molecule has 1 aromatic carbocycles. The van der Waals surface area contributed by atoms with E-state index in [9.17, 15) is 5.11 Å². The van der Waals surface area contributed by atoms with E-state index in [2.05, 4.69) is 25.8 Å². The molecule has 2 nitrogen and oxygen atoms in total. The topological polar surface area (TPSA) is 23.5 Å². The van der Waals surface area contributed by atoms with Gasteiger partial charge >= 0.3 is 0 Å². The van der Waals surface area contributed by atoms with Crippen molar-refractivity contribution in [2.75, 3.05) is 13.6 Å². The Morgan fingerprint density at radius 3 is 2.50 bits per heavy atom. The van der Waals surface area contributed by atoms with E-state index >= 15 is 0 Å². The number of aliphatic hydroxyl groups excluding tert-OH is 1. The van der Waals surface area contributed by atoms with Crippen molar-refractivity contribution in [2.45, 2.75) is 45.3 Å². The summed E-state index contributed by atoms with van der Waals surface area (Å²) in [5, 5.41) is 10.8. The summed E-state index contributed by atoms with van der Waals surface area (Å²) in [5.41, 5.74) is 0.903. The van der Waals surface area contributed by atoms with Gasteiger partial charge in [0.25, 0.3) is 0 Å². The number of hydrogen-bond donors (Lipinski definition) is 1. The van der Waals surface area contributed by atoms with Gasteiger partial charge in [-0.1, -0.05) is 37.6 Å². The highest BCUT2D eigenvalue weighted by Gasteiger charge is 2.13. The van der Waals surface area contributed by atoms with Crippen LogP contribution < -0.4 is 0 Å². The zero-order chi connectivity index (χ0) is 13.5. The molecule has 0 heterocycles. The van der Waals surface area contributed by atoms with Crippen molar-refractivity contribution in [3.63, 3.8) is 0 Å². The van der Waals surface area contributed by atoms with E-state index in [-0.39, 0.29) is 0 Å². The minimum atomic E-state index is -0.430. The molecule has 0 aliphatic carbocycles. The van der Waals surface area contributed by atoms with E-state index in [1.54, 1.807) is 0 Å². The Kier molecular flexibility index (Phi) is 6.69. The highest BCUT2D eigenvalue weighted by molar-refractivity contribution is 6.30. The van der Waals surface area contributed by atoms with Crippen LogP contribution in [-0.4, -0.2) is 29.6 Å². The van der Waals surface area contributed by atoms with Gasteiger partial charge in [0.1, 0.15) is 0 Å². The number of rotatable bonds is 7. The maximum atomic E-state index is 10.1. The van der Waals surface area contributed by atoms with Crippen molar-refractivity contribution in [3.8, 4) is 0 Å². The molecule has 0 saturated heterocycles. The summed E-state index contributed by atoms with van der Waals surface area (Å²) in [6.45, 7) is 5.32. The van der Waals surface area contributed by atoms with Gasteiger partial charge in [-0.05, 0) is 44.0 Å². The van der Waals surface area contributed by atoms with Gasteiger partial charge in [0, 0.05) is 17.6 Å². The molecule has 0 fully saturated rings. The molecule has 0 aliphatic heterocycles. The van der Waals surface area contributed by atoms with Crippen LogP contribution in [0.4, 0.5) is 0 Å². The molecule has 18 heavy (non-hydrogen) atoms. The maximum Gasteiger partial charge on any atom is 0.0802 e. The van der Waals surface area contributed by atoms with Gasteiger partial charge in [-0.3, -0.25) is 0 Å². The first-order valence-corrected chi connectivity index (χ1v) is 7.10. The fourth-order valence-corrected chi connectivity index (χ4v) is 2.50. The van der Waals surface area contributed by atoms with Crippen LogP contribution in [0.3, 0.4) is 0 Å². The van der Waals surface area contributed by atoms with Crippen molar-refractivity contribution < 1.29 is 5.11 Å². The van der Waals surface area contributed by atoms with Crippen molar-refractivity contribution >= 4 is 11.6 Å². The summed E-state index contributed by atoms with van der Waals surface area (Å²) in [6, 6.07) is 8.08. The van der Waals surface area contributed by atoms with E-state index in [0.717, 1.165) is 31.4 Å². The minimum absolute atomic E-state index is 0.430. The largest absolute Gasteiger partial charge is 0.388 e. The zero-order valence-corrected chi connectivity index (χ0v) is 12.3. The van der Waals surface area contributed by atoms with Crippen molar-refractivity contribution in [1.29, 1.82) is 0 Å². The fraction of sp³-hybridized carbons (Fsp3) is 0.600. The molecule has 1 unspecified atom stereocenters. The Morgan fingerprint density at radius 1 is 1.28 bits per heavy atom. The molecular formula is C15H24ClNO. The minimum Gasteiger partial charge on any atom is -0.388 e. The van der Waals surface area contributed by atoms with Crippen LogP contribution >= 0.6 is 11.6 Å². The normalized spacial score (nSPS) is 13.3. The lowest BCUT2D eigenvalue weighted by atomic mass is 10.1. The maximum absolute atomic E-state index is 10.1. The molecule has 3 heteroatoms. The highest BCUT2D eigenvalue weighted by atomic mass is 35.5. The van der Waals surface area contributed by atoms with E-state index in [1.165, 1.54) is 0 Å². The Hall–Kier alpha value is -0.570. The van der Waals surface area contributed by atoms with Crippen LogP contribution in [0.2, 0.25) is 5.02 Å².